The number of halogens is 1. The van der Waals surface area contributed by atoms with Gasteiger partial charge in [-0.25, -0.2) is 0 Å². The molecule has 0 spiro atoms. The maximum Gasteiger partial charge on any atom is 0.258 e. The molecule has 7 heteroatoms. The number of benzene rings is 1. The minimum Gasteiger partial charge on any atom is -0.484 e. The molecule has 6 nitrogen and oxygen atoms in total. The molecule has 0 saturated carbocycles. The van der Waals surface area contributed by atoms with Gasteiger partial charge in [0.2, 0.25) is 0 Å². The fourth-order valence-corrected chi connectivity index (χ4v) is 1.61. The van der Waals surface area contributed by atoms with Gasteiger partial charge in [0.15, 0.2) is 6.61 Å². The molecule has 1 rings (SSSR count). The van der Waals surface area contributed by atoms with Crippen LogP contribution in [0.4, 0.5) is 0 Å². The van der Waals surface area contributed by atoms with Gasteiger partial charge in [-0.15, -0.1) is 0 Å². The van der Waals surface area contributed by atoms with Crippen molar-refractivity contribution < 1.29 is 14.7 Å². The second kappa shape index (κ2) is 7.48. The Labute approximate surface area is 116 Å². The van der Waals surface area contributed by atoms with E-state index >= 15 is 0 Å². The fraction of sp³-hybridized carbons (Fsp3) is 0.333. The lowest BCUT2D eigenvalue weighted by Gasteiger charge is -2.13. The Morgan fingerprint density at radius 3 is 3.00 bits per heavy atom. The number of nitrogens with zero attached hydrogens (tertiary/aromatic N) is 1. The van der Waals surface area contributed by atoms with Gasteiger partial charge in [0.05, 0.1) is 0 Å². The maximum atomic E-state index is 11.6. The molecule has 1 aromatic rings. The molecule has 0 fully saturated rings. The quantitative estimate of drug-likeness (QED) is 0.318. The Kier molecular flexibility index (Phi) is 5.95. The molecule has 0 bridgehead atoms. The van der Waals surface area contributed by atoms with Crippen molar-refractivity contribution in [3.8, 4) is 5.75 Å². The molecule has 1 atom stereocenters. The van der Waals surface area contributed by atoms with Gasteiger partial charge in [0, 0.05) is 17.5 Å². The van der Waals surface area contributed by atoms with Gasteiger partial charge < -0.3 is 21.0 Å². The average Bonchev–Trinajstić information content (AvgIpc) is 2.36. The molecule has 0 saturated heterocycles. The summed E-state index contributed by atoms with van der Waals surface area (Å²) in [6.45, 7) is 1.62. The lowest BCUT2D eigenvalue weighted by molar-refractivity contribution is -0.123. The van der Waals surface area contributed by atoms with E-state index in [1.807, 2.05) is 0 Å². The number of hydrogen-bond donors (Lipinski definition) is 3. The van der Waals surface area contributed by atoms with Crippen LogP contribution in [0.5, 0.6) is 5.75 Å². The molecular formula is C12H16ClN3O3. The summed E-state index contributed by atoms with van der Waals surface area (Å²) in [5, 5.41) is 14.4. The summed E-state index contributed by atoms with van der Waals surface area (Å²) in [6, 6.07) is 6.53. The van der Waals surface area contributed by atoms with Crippen molar-refractivity contribution in [3.05, 3.63) is 29.3 Å². The van der Waals surface area contributed by atoms with Crippen molar-refractivity contribution in [1.29, 1.82) is 0 Å². The standard InChI is InChI=1S/C12H16ClN3O3/c1-8(5-11(14)16-18)15-12(17)7-19-10-4-2-3-9(13)6-10/h2-4,6,8,18H,5,7H2,1H3,(H2,14,16)(H,15,17). The summed E-state index contributed by atoms with van der Waals surface area (Å²) in [6.07, 6.45) is 0.263. The van der Waals surface area contributed by atoms with Crippen LogP contribution in [-0.4, -0.2) is 29.6 Å². The first-order valence-corrected chi connectivity index (χ1v) is 6.03. The first-order chi connectivity index (χ1) is 9.01. The second-order valence-corrected chi connectivity index (χ2v) is 4.45. The summed E-state index contributed by atoms with van der Waals surface area (Å²) in [7, 11) is 0. The number of amides is 1. The van der Waals surface area contributed by atoms with Crippen LogP contribution in [0.1, 0.15) is 13.3 Å². The van der Waals surface area contributed by atoms with Gasteiger partial charge >= 0.3 is 0 Å². The van der Waals surface area contributed by atoms with Crippen LogP contribution in [0.2, 0.25) is 5.02 Å². The van der Waals surface area contributed by atoms with E-state index in [4.69, 9.17) is 27.3 Å². The smallest absolute Gasteiger partial charge is 0.258 e. The van der Waals surface area contributed by atoms with E-state index in [1.165, 1.54) is 0 Å². The molecule has 1 amide bonds. The summed E-state index contributed by atoms with van der Waals surface area (Å²) >= 11 is 5.79. The van der Waals surface area contributed by atoms with Gasteiger partial charge in [-0.1, -0.05) is 22.8 Å². The van der Waals surface area contributed by atoms with E-state index in [0.717, 1.165) is 0 Å². The van der Waals surface area contributed by atoms with E-state index in [1.54, 1.807) is 31.2 Å². The van der Waals surface area contributed by atoms with Crippen LogP contribution in [0.25, 0.3) is 0 Å². The summed E-state index contributed by atoms with van der Waals surface area (Å²) in [5.41, 5.74) is 5.33. The molecule has 1 unspecified atom stereocenters. The minimum absolute atomic E-state index is 0.0589. The predicted molar refractivity (Wildman–Crippen MR) is 72.6 cm³/mol. The third-order valence-electron chi connectivity index (χ3n) is 2.22. The van der Waals surface area contributed by atoms with E-state index in [9.17, 15) is 4.79 Å². The number of ether oxygens (including phenoxy) is 1. The second-order valence-electron chi connectivity index (χ2n) is 4.01. The lowest BCUT2D eigenvalue weighted by Crippen LogP contribution is -2.38. The Bertz CT molecular complexity index is 465. The van der Waals surface area contributed by atoms with Crippen molar-refractivity contribution >= 4 is 23.3 Å². The van der Waals surface area contributed by atoms with Crippen molar-refractivity contribution in [2.24, 2.45) is 10.9 Å². The van der Waals surface area contributed by atoms with Gasteiger partial charge in [0.1, 0.15) is 11.6 Å². The molecule has 19 heavy (non-hydrogen) atoms. The van der Waals surface area contributed by atoms with E-state index in [0.29, 0.717) is 10.8 Å². The third-order valence-corrected chi connectivity index (χ3v) is 2.45. The third kappa shape index (κ3) is 5.96. The number of carbonyl (C=O) groups excluding carboxylic acids is 1. The topological polar surface area (TPSA) is 96.9 Å². The highest BCUT2D eigenvalue weighted by atomic mass is 35.5. The predicted octanol–water partition coefficient (Wildman–Crippen LogP) is 1.36. The Morgan fingerprint density at radius 1 is 1.63 bits per heavy atom. The SMILES string of the molecule is CC(CC(N)=NO)NC(=O)COc1cccc(Cl)c1. The number of amidine groups is 1. The molecular weight excluding hydrogens is 270 g/mol. The Balaban J connectivity index is 2.35. The van der Waals surface area contributed by atoms with Crippen LogP contribution in [-0.2, 0) is 4.79 Å². The van der Waals surface area contributed by atoms with E-state index < -0.39 is 0 Å². The molecule has 0 aliphatic heterocycles. The molecule has 1 aromatic carbocycles. The fourth-order valence-electron chi connectivity index (χ4n) is 1.43. The molecule has 4 N–H and O–H groups in total. The highest BCUT2D eigenvalue weighted by molar-refractivity contribution is 6.30. The van der Waals surface area contributed by atoms with Crippen molar-refractivity contribution in [3.63, 3.8) is 0 Å². The van der Waals surface area contributed by atoms with Gasteiger partial charge in [-0.3, -0.25) is 4.79 Å². The number of nitrogens with two attached hydrogens (primary N) is 1. The summed E-state index contributed by atoms with van der Waals surface area (Å²) in [5.74, 6) is 0.286. The number of oxime groups is 1. The number of carbonyl (C=O) groups is 1. The molecule has 0 aromatic heterocycles. The van der Waals surface area contributed by atoms with Crippen LogP contribution in [0.3, 0.4) is 0 Å². The normalized spacial score (nSPS) is 12.8. The maximum absolute atomic E-state index is 11.6. The number of rotatable bonds is 6. The zero-order chi connectivity index (χ0) is 14.3. The molecule has 0 aliphatic rings. The first kappa shape index (κ1) is 15.1. The number of hydrogen-bond acceptors (Lipinski definition) is 4. The van der Waals surface area contributed by atoms with Gasteiger partial charge in [-0.2, -0.15) is 0 Å². The average molecular weight is 286 g/mol. The zero-order valence-corrected chi connectivity index (χ0v) is 11.2. The molecule has 0 aliphatic carbocycles. The zero-order valence-electron chi connectivity index (χ0n) is 10.5. The number of nitrogens with one attached hydrogen (secondary N) is 1. The largest absolute Gasteiger partial charge is 0.484 e. The lowest BCUT2D eigenvalue weighted by atomic mass is 10.2. The highest BCUT2D eigenvalue weighted by Gasteiger charge is 2.10. The molecule has 0 heterocycles. The van der Waals surface area contributed by atoms with Crippen LogP contribution >= 0.6 is 11.6 Å². The van der Waals surface area contributed by atoms with Crippen molar-refractivity contribution in [1.82, 2.24) is 5.32 Å². The van der Waals surface area contributed by atoms with Crippen LogP contribution < -0.4 is 15.8 Å². The highest BCUT2D eigenvalue weighted by Crippen LogP contribution is 2.16. The first-order valence-electron chi connectivity index (χ1n) is 5.65. The van der Waals surface area contributed by atoms with Crippen LogP contribution in [0, 0.1) is 0 Å². The Hall–Kier alpha value is -1.95. The Morgan fingerprint density at radius 2 is 2.37 bits per heavy atom. The van der Waals surface area contributed by atoms with Crippen molar-refractivity contribution in [2.45, 2.75) is 19.4 Å². The van der Waals surface area contributed by atoms with Gasteiger partial charge in [-0.05, 0) is 25.1 Å². The van der Waals surface area contributed by atoms with Crippen LogP contribution in [0.15, 0.2) is 29.4 Å². The summed E-state index contributed by atoms with van der Waals surface area (Å²) < 4.78 is 5.27. The van der Waals surface area contributed by atoms with Gasteiger partial charge in [0.25, 0.3) is 5.91 Å². The van der Waals surface area contributed by atoms with E-state index in [2.05, 4.69) is 10.5 Å². The molecule has 104 valence electrons. The molecule has 0 radical (unpaired) electrons. The summed E-state index contributed by atoms with van der Waals surface area (Å²) in [4.78, 5) is 11.6. The van der Waals surface area contributed by atoms with Crippen molar-refractivity contribution in [2.75, 3.05) is 6.61 Å². The monoisotopic (exact) mass is 285 g/mol. The minimum atomic E-state index is -0.293. The van der Waals surface area contributed by atoms with E-state index in [-0.39, 0.29) is 30.8 Å².